The second kappa shape index (κ2) is 2.26. The van der Waals surface area contributed by atoms with Gasteiger partial charge in [0.1, 0.15) is 0 Å². The Morgan fingerprint density at radius 3 is 2.12 bits per heavy atom. The zero-order chi connectivity index (χ0) is 6.78. The number of hydrogen-bond donors (Lipinski definition) is 1. The number of carboxylic acid groups (broad SMARTS) is 1. The highest BCUT2D eigenvalue weighted by atomic mass is 35.5. The van der Waals surface area contributed by atoms with Crippen LogP contribution in [0.2, 0.25) is 0 Å². The molecule has 0 atom stereocenters. The SMILES string of the molecule is O=C(O)C(F)(F)CCl. The van der Waals surface area contributed by atoms with Crippen molar-refractivity contribution in [1.29, 1.82) is 0 Å². The van der Waals surface area contributed by atoms with Crippen LogP contribution in [-0.2, 0) is 4.79 Å². The molecular weight excluding hydrogens is 141 g/mol. The van der Waals surface area contributed by atoms with Gasteiger partial charge in [-0.25, -0.2) is 4.79 Å². The first-order valence-corrected chi connectivity index (χ1v) is 2.21. The second-order valence-electron chi connectivity index (χ2n) is 1.14. The van der Waals surface area contributed by atoms with E-state index in [-0.39, 0.29) is 0 Å². The van der Waals surface area contributed by atoms with Gasteiger partial charge in [-0.3, -0.25) is 0 Å². The topological polar surface area (TPSA) is 37.3 Å². The van der Waals surface area contributed by atoms with Crippen LogP contribution in [0.25, 0.3) is 0 Å². The Hall–Kier alpha value is -0.380. The van der Waals surface area contributed by atoms with E-state index >= 15 is 0 Å². The Kier molecular flexibility index (Phi) is 2.15. The molecule has 0 saturated heterocycles. The standard InChI is InChI=1S/C3H3ClF2O2/c4-1-3(5,6)2(7)8/h1H2,(H,7,8). The second-order valence-corrected chi connectivity index (χ2v) is 1.41. The molecule has 0 aliphatic rings. The fraction of sp³-hybridized carbons (Fsp3) is 0.667. The third-order valence-corrected chi connectivity index (χ3v) is 0.816. The maximum Gasteiger partial charge on any atom is 0.375 e. The third kappa shape index (κ3) is 1.61. The monoisotopic (exact) mass is 144 g/mol. The lowest BCUT2D eigenvalue weighted by Gasteiger charge is -2.03. The molecule has 0 heterocycles. The molecule has 0 amide bonds. The molecule has 48 valence electrons. The summed E-state index contributed by atoms with van der Waals surface area (Å²) in [5, 5.41) is 7.61. The molecule has 0 saturated carbocycles. The van der Waals surface area contributed by atoms with Crippen molar-refractivity contribution < 1.29 is 18.7 Å². The highest BCUT2D eigenvalue weighted by molar-refractivity contribution is 6.19. The zero-order valence-electron chi connectivity index (χ0n) is 3.70. The summed E-state index contributed by atoms with van der Waals surface area (Å²) >= 11 is 4.56. The molecular formula is C3H3ClF2O2. The van der Waals surface area contributed by atoms with E-state index in [4.69, 9.17) is 5.11 Å². The summed E-state index contributed by atoms with van der Waals surface area (Å²) in [6.45, 7) is 0. The van der Waals surface area contributed by atoms with Gasteiger partial charge in [0, 0.05) is 0 Å². The Balaban J connectivity index is 3.91. The molecule has 0 aromatic heterocycles. The lowest BCUT2D eigenvalue weighted by Crippen LogP contribution is -2.29. The molecule has 1 N–H and O–H groups in total. The van der Waals surface area contributed by atoms with Gasteiger partial charge < -0.3 is 5.11 Å². The molecule has 8 heavy (non-hydrogen) atoms. The van der Waals surface area contributed by atoms with Crippen molar-refractivity contribution >= 4 is 17.6 Å². The number of hydrogen-bond acceptors (Lipinski definition) is 1. The van der Waals surface area contributed by atoms with Gasteiger partial charge in [0.2, 0.25) is 0 Å². The van der Waals surface area contributed by atoms with E-state index in [1.165, 1.54) is 0 Å². The Morgan fingerprint density at radius 1 is 1.75 bits per heavy atom. The zero-order valence-corrected chi connectivity index (χ0v) is 4.45. The van der Waals surface area contributed by atoms with Gasteiger partial charge in [-0.05, 0) is 0 Å². The molecule has 0 fully saturated rings. The van der Waals surface area contributed by atoms with E-state index < -0.39 is 17.8 Å². The Morgan fingerprint density at radius 2 is 2.12 bits per heavy atom. The fourth-order valence-corrected chi connectivity index (χ4v) is 0.171. The third-order valence-electron chi connectivity index (χ3n) is 0.481. The van der Waals surface area contributed by atoms with E-state index in [0.717, 1.165) is 0 Å². The molecule has 0 radical (unpaired) electrons. The van der Waals surface area contributed by atoms with Gasteiger partial charge >= 0.3 is 11.9 Å². The minimum absolute atomic E-state index is 1.18. The lowest BCUT2D eigenvalue weighted by atomic mass is 10.4. The first-order chi connectivity index (χ1) is 3.50. The molecule has 0 spiro atoms. The van der Waals surface area contributed by atoms with E-state index in [1.807, 2.05) is 0 Å². The normalized spacial score (nSPS) is 11.4. The minimum Gasteiger partial charge on any atom is -0.477 e. The summed E-state index contributed by atoms with van der Waals surface area (Å²) in [6.07, 6.45) is 0. The van der Waals surface area contributed by atoms with Crippen LogP contribution in [0.5, 0.6) is 0 Å². The van der Waals surface area contributed by atoms with Crippen LogP contribution < -0.4 is 0 Å². The summed E-state index contributed by atoms with van der Waals surface area (Å²) in [5.41, 5.74) is 0. The van der Waals surface area contributed by atoms with Crippen molar-refractivity contribution in [2.24, 2.45) is 0 Å². The van der Waals surface area contributed by atoms with Crippen molar-refractivity contribution in [3.63, 3.8) is 0 Å². The number of carboxylic acids is 1. The molecule has 5 heteroatoms. The largest absolute Gasteiger partial charge is 0.477 e. The van der Waals surface area contributed by atoms with E-state index in [0.29, 0.717) is 0 Å². The van der Waals surface area contributed by atoms with Crippen molar-refractivity contribution in [2.75, 3.05) is 5.88 Å². The van der Waals surface area contributed by atoms with Crippen LogP contribution in [0.3, 0.4) is 0 Å². The van der Waals surface area contributed by atoms with E-state index in [2.05, 4.69) is 11.6 Å². The number of alkyl halides is 3. The highest BCUT2D eigenvalue weighted by Gasteiger charge is 2.37. The average Bonchev–Trinajstić information content (AvgIpc) is 1.67. The minimum atomic E-state index is -3.78. The fourth-order valence-electron chi connectivity index (χ4n) is 0.0572. The van der Waals surface area contributed by atoms with Gasteiger partial charge in [0.25, 0.3) is 0 Å². The van der Waals surface area contributed by atoms with Gasteiger partial charge in [0.15, 0.2) is 0 Å². The van der Waals surface area contributed by atoms with Crippen LogP contribution in [0, 0.1) is 0 Å². The maximum absolute atomic E-state index is 11.5. The van der Waals surface area contributed by atoms with Crippen molar-refractivity contribution in [3.8, 4) is 0 Å². The van der Waals surface area contributed by atoms with E-state index in [9.17, 15) is 13.6 Å². The Bertz CT molecular complexity index is 103. The van der Waals surface area contributed by atoms with Crippen molar-refractivity contribution in [3.05, 3.63) is 0 Å². The summed E-state index contributed by atoms with van der Waals surface area (Å²) in [6, 6.07) is 0. The molecule has 0 aromatic carbocycles. The van der Waals surface area contributed by atoms with Gasteiger partial charge in [0.05, 0.1) is 5.88 Å². The predicted molar refractivity (Wildman–Crippen MR) is 23.3 cm³/mol. The number of rotatable bonds is 2. The number of carbonyl (C=O) groups is 1. The lowest BCUT2D eigenvalue weighted by molar-refractivity contribution is -0.161. The highest BCUT2D eigenvalue weighted by Crippen LogP contribution is 2.14. The van der Waals surface area contributed by atoms with E-state index in [1.54, 1.807) is 0 Å². The summed E-state index contributed by atoms with van der Waals surface area (Å²) in [7, 11) is 0. The summed E-state index contributed by atoms with van der Waals surface area (Å²) in [4.78, 5) is 9.42. The smallest absolute Gasteiger partial charge is 0.375 e. The molecule has 0 rings (SSSR count). The number of aliphatic carboxylic acids is 1. The first kappa shape index (κ1) is 7.62. The summed E-state index contributed by atoms with van der Waals surface area (Å²) in [5.74, 6) is -7.14. The Labute approximate surface area is 49.1 Å². The quantitative estimate of drug-likeness (QED) is 0.586. The first-order valence-electron chi connectivity index (χ1n) is 1.68. The van der Waals surface area contributed by atoms with Gasteiger partial charge in [-0.1, -0.05) is 0 Å². The van der Waals surface area contributed by atoms with Crippen LogP contribution >= 0.6 is 11.6 Å². The van der Waals surface area contributed by atoms with Crippen molar-refractivity contribution in [1.82, 2.24) is 0 Å². The van der Waals surface area contributed by atoms with Gasteiger partial charge in [-0.15, -0.1) is 11.6 Å². The summed E-state index contributed by atoms with van der Waals surface area (Å²) < 4.78 is 23.1. The molecule has 0 aromatic rings. The molecule has 0 aliphatic heterocycles. The maximum atomic E-state index is 11.5. The van der Waals surface area contributed by atoms with Gasteiger partial charge in [-0.2, -0.15) is 8.78 Å². The van der Waals surface area contributed by atoms with Crippen molar-refractivity contribution in [2.45, 2.75) is 5.92 Å². The van der Waals surface area contributed by atoms with Crippen LogP contribution in [0.15, 0.2) is 0 Å². The molecule has 2 nitrogen and oxygen atoms in total. The van der Waals surface area contributed by atoms with Crippen LogP contribution in [0.1, 0.15) is 0 Å². The number of halogens is 3. The average molecular weight is 145 g/mol. The van der Waals surface area contributed by atoms with Crippen LogP contribution in [0.4, 0.5) is 8.78 Å². The van der Waals surface area contributed by atoms with Crippen LogP contribution in [-0.4, -0.2) is 22.9 Å². The molecule has 0 bridgehead atoms. The molecule has 0 unspecified atom stereocenters. The predicted octanol–water partition coefficient (Wildman–Crippen LogP) is 0.945. The molecule has 0 aliphatic carbocycles.